The van der Waals surface area contributed by atoms with Crippen LogP contribution in [0.1, 0.15) is 13.3 Å². The van der Waals surface area contributed by atoms with Crippen molar-refractivity contribution < 1.29 is 0 Å². The van der Waals surface area contributed by atoms with Crippen molar-refractivity contribution in [3.63, 3.8) is 0 Å². The van der Waals surface area contributed by atoms with E-state index in [1.165, 1.54) is 10.5 Å². The van der Waals surface area contributed by atoms with Gasteiger partial charge in [0.05, 0.1) is 0 Å². The number of nitrogens with one attached hydrogen (secondary N) is 1. The molecule has 2 nitrogen and oxygen atoms in total. The second kappa shape index (κ2) is 3.25. The SMILES string of the molecule is CCC1=C(CN)CNS1. The van der Waals surface area contributed by atoms with Crippen LogP contribution in [0.5, 0.6) is 0 Å². The Balaban J connectivity index is 2.59. The Morgan fingerprint density at radius 3 is 3.00 bits per heavy atom. The summed E-state index contributed by atoms with van der Waals surface area (Å²) < 4.78 is 3.19. The Hall–Kier alpha value is 0.0100. The molecule has 0 amide bonds. The molecule has 0 saturated heterocycles. The molecule has 0 bridgehead atoms. The zero-order valence-corrected chi connectivity index (χ0v) is 6.42. The molecular formula is C6H12N2S. The molecule has 0 atom stereocenters. The highest BCUT2D eigenvalue weighted by Gasteiger charge is 2.10. The third kappa shape index (κ3) is 1.47. The lowest BCUT2D eigenvalue weighted by molar-refractivity contribution is 0.991. The molecule has 0 aliphatic carbocycles. The maximum atomic E-state index is 5.49. The highest BCUT2D eigenvalue weighted by Crippen LogP contribution is 2.24. The summed E-state index contributed by atoms with van der Waals surface area (Å²) in [6, 6.07) is 0. The smallest absolute Gasteiger partial charge is 0.0296 e. The summed E-state index contributed by atoms with van der Waals surface area (Å²) >= 11 is 1.72. The van der Waals surface area contributed by atoms with Crippen molar-refractivity contribution in [2.75, 3.05) is 13.1 Å². The normalized spacial score (nSPS) is 19.3. The van der Waals surface area contributed by atoms with Crippen LogP contribution in [0.3, 0.4) is 0 Å². The van der Waals surface area contributed by atoms with Gasteiger partial charge in [-0.3, -0.25) is 4.72 Å². The van der Waals surface area contributed by atoms with E-state index in [0.717, 1.165) is 13.0 Å². The molecule has 3 N–H and O–H groups in total. The molecule has 0 spiro atoms. The summed E-state index contributed by atoms with van der Waals surface area (Å²) in [5.41, 5.74) is 6.87. The summed E-state index contributed by atoms with van der Waals surface area (Å²) in [6.45, 7) is 3.85. The lowest BCUT2D eigenvalue weighted by atomic mass is 10.2. The fourth-order valence-corrected chi connectivity index (χ4v) is 1.75. The van der Waals surface area contributed by atoms with Crippen LogP contribution in [-0.4, -0.2) is 13.1 Å². The van der Waals surface area contributed by atoms with E-state index in [1.807, 2.05) is 0 Å². The molecule has 9 heavy (non-hydrogen) atoms. The van der Waals surface area contributed by atoms with Crippen molar-refractivity contribution in [1.29, 1.82) is 0 Å². The standard InChI is InChI=1S/C6H12N2S/c1-2-6-5(3-7)4-8-9-6/h8H,2-4,7H2,1H3. The molecule has 0 unspecified atom stereocenters. The molecule has 52 valence electrons. The molecule has 0 aromatic rings. The van der Waals surface area contributed by atoms with Gasteiger partial charge in [-0.05, 0) is 23.9 Å². The van der Waals surface area contributed by atoms with Crippen LogP contribution in [-0.2, 0) is 0 Å². The van der Waals surface area contributed by atoms with E-state index >= 15 is 0 Å². The zero-order valence-electron chi connectivity index (χ0n) is 5.61. The maximum absolute atomic E-state index is 5.49. The minimum Gasteiger partial charge on any atom is -0.327 e. The Bertz CT molecular complexity index is 117. The van der Waals surface area contributed by atoms with Gasteiger partial charge >= 0.3 is 0 Å². The minimum atomic E-state index is 0.711. The first-order valence-electron chi connectivity index (χ1n) is 3.19. The van der Waals surface area contributed by atoms with Gasteiger partial charge in [0.15, 0.2) is 0 Å². The summed E-state index contributed by atoms with van der Waals surface area (Å²) in [5, 5.41) is 0. The van der Waals surface area contributed by atoms with Crippen LogP contribution in [0.25, 0.3) is 0 Å². The fraction of sp³-hybridized carbons (Fsp3) is 0.667. The molecule has 0 radical (unpaired) electrons. The first-order valence-corrected chi connectivity index (χ1v) is 4.00. The predicted molar refractivity (Wildman–Crippen MR) is 42.0 cm³/mol. The monoisotopic (exact) mass is 144 g/mol. The van der Waals surface area contributed by atoms with E-state index in [0.29, 0.717) is 6.54 Å². The number of allylic oxidation sites excluding steroid dienone is 1. The molecule has 1 rings (SSSR count). The Kier molecular flexibility index (Phi) is 2.57. The highest BCUT2D eigenvalue weighted by atomic mass is 32.2. The first kappa shape index (κ1) is 7.12. The van der Waals surface area contributed by atoms with Gasteiger partial charge < -0.3 is 5.73 Å². The van der Waals surface area contributed by atoms with Crippen molar-refractivity contribution in [2.45, 2.75) is 13.3 Å². The number of rotatable bonds is 2. The maximum Gasteiger partial charge on any atom is 0.0296 e. The lowest BCUT2D eigenvalue weighted by Crippen LogP contribution is -2.09. The van der Waals surface area contributed by atoms with Gasteiger partial charge in [-0.1, -0.05) is 6.92 Å². The molecule has 0 aromatic carbocycles. The quantitative estimate of drug-likeness (QED) is 0.564. The van der Waals surface area contributed by atoms with Crippen molar-refractivity contribution in [1.82, 2.24) is 4.72 Å². The van der Waals surface area contributed by atoms with Crippen LogP contribution in [0, 0.1) is 0 Å². The molecule has 1 aliphatic heterocycles. The van der Waals surface area contributed by atoms with E-state index < -0.39 is 0 Å². The van der Waals surface area contributed by atoms with Gasteiger partial charge in [-0.15, -0.1) is 0 Å². The van der Waals surface area contributed by atoms with E-state index in [-0.39, 0.29) is 0 Å². The van der Waals surface area contributed by atoms with Crippen molar-refractivity contribution >= 4 is 11.9 Å². The van der Waals surface area contributed by atoms with Crippen LogP contribution in [0.4, 0.5) is 0 Å². The molecule has 1 heterocycles. The van der Waals surface area contributed by atoms with Gasteiger partial charge in [0, 0.05) is 18.0 Å². The molecule has 0 saturated carbocycles. The lowest BCUT2D eigenvalue weighted by Gasteiger charge is -1.96. The van der Waals surface area contributed by atoms with Gasteiger partial charge in [0.25, 0.3) is 0 Å². The third-order valence-electron chi connectivity index (χ3n) is 1.44. The van der Waals surface area contributed by atoms with Crippen LogP contribution in [0.15, 0.2) is 10.5 Å². The Morgan fingerprint density at radius 2 is 2.56 bits per heavy atom. The van der Waals surface area contributed by atoms with Gasteiger partial charge in [-0.2, -0.15) is 0 Å². The zero-order chi connectivity index (χ0) is 6.69. The Morgan fingerprint density at radius 1 is 1.78 bits per heavy atom. The molecule has 3 heteroatoms. The second-order valence-corrected chi connectivity index (χ2v) is 2.99. The predicted octanol–water partition coefficient (Wildman–Crippen LogP) is 0.861. The summed E-state index contributed by atoms with van der Waals surface area (Å²) in [5.74, 6) is 0. The molecule has 0 fully saturated rings. The van der Waals surface area contributed by atoms with Crippen LogP contribution in [0.2, 0.25) is 0 Å². The largest absolute Gasteiger partial charge is 0.327 e. The molecule has 1 aliphatic rings. The van der Waals surface area contributed by atoms with E-state index in [1.54, 1.807) is 11.9 Å². The van der Waals surface area contributed by atoms with Crippen molar-refractivity contribution in [2.24, 2.45) is 5.73 Å². The van der Waals surface area contributed by atoms with Crippen LogP contribution >= 0.6 is 11.9 Å². The topological polar surface area (TPSA) is 38.0 Å². The second-order valence-electron chi connectivity index (χ2n) is 2.01. The van der Waals surface area contributed by atoms with Crippen LogP contribution < -0.4 is 10.5 Å². The van der Waals surface area contributed by atoms with Gasteiger partial charge in [0.2, 0.25) is 0 Å². The summed E-state index contributed by atoms with van der Waals surface area (Å²) in [7, 11) is 0. The van der Waals surface area contributed by atoms with Crippen molar-refractivity contribution in [3.8, 4) is 0 Å². The van der Waals surface area contributed by atoms with E-state index in [2.05, 4.69) is 11.6 Å². The molecule has 0 aromatic heterocycles. The average molecular weight is 144 g/mol. The number of nitrogens with two attached hydrogens (primary N) is 1. The van der Waals surface area contributed by atoms with E-state index in [9.17, 15) is 0 Å². The van der Waals surface area contributed by atoms with Crippen molar-refractivity contribution in [3.05, 3.63) is 10.5 Å². The van der Waals surface area contributed by atoms with Gasteiger partial charge in [0.1, 0.15) is 0 Å². The van der Waals surface area contributed by atoms with E-state index in [4.69, 9.17) is 5.73 Å². The minimum absolute atomic E-state index is 0.711. The Labute approximate surface area is 60.0 Å². The summed E-state index contributed by atoms with van der Waals surface area (Å²) in [4.78, 5) is 1.43. The van der Waals surface area contributed by atoms with Gasteiger partial charge in [-0.25, -0.2) is 0 Å². The fourth-order valence-electron chi connectivity index (χ4n) is 0.889. The summed E-state index contributed by atoms with van der Waals surface area (Å²) in [6.07, 6.45) is 1.12. The first-order chi connectivity index (χ1) is 4.38. The number of hydrogen-bond donors (Lipinski definition) is 2. The molecular weight excluding hydrogens is 132 g/mol. The highest BCUT2D eigenvalue weighted by molar-refractivity contribution is 8.01. The number of hydrogen-bond acceptors (Lipinski definition) is 3. The third-order valence-corrected chi connectivity index (χ3v) is 2.56. The average Bonchev–Trinajstić information content (AvgIpc) is 2.33.